The highest BCUT2D eigenvalue weighted by atomic mass is 28.3. The third-order valence-electron chi connectivity index (χ3n) is 4.39. The summed E-state index contributed by atoms with van der Waals surface area (Å²) in [5, 5.41) is 3.27. The van der Waals surface area contributed by atoms with Gasteiger partial charge in [-0.05, 0) is 32.6 Å². The van der Waals surface area contributed by atoms with Gasteiger partial charge in [0, 0.05) is 37.9 Å². The van der Waals surface area contributed by atoms with E-state index in [-0.39, 0.29) is 0 Å². The first-order chi connectivity index (χ1) is 11.6. The molecule has 2 atom stereocenters. The second kappa shape index (κ2) is 15.3. The van der Waals surface area contributed by atoms with Crippen molar-refractivity contribution in [1.29, 1.82) is 0 Å². The van der Waals surface area contributed by atoms with Crippen molar-refractivity contribution in [3.05, 3.63) is 0 Å². The van der Waals surface area contributed by atoms with E-state index >= 15 is 0 Å². The van der Waals surface area contributed by atoms with E-state index in [1.165, 1.54) is 0 Å². The third kappa shape index (κ3) is 11.6. The van der Waals surface area contributed by atoms with Crippen LogP contribution in [0.4, 0.5) is 0 Å². The molecule has 0 aliphatic carbocycles. The van der Waals surface area contributed by atoms with E-state index in [0.29, 0.717) is 11.6 Å². The highest BCUT2D eigenvalue weighted by Crippen LogP contribution is 2.23. The molecule has 0 saturated carbocycles. The maximum Gasteiger partial charge on any atom is 0.484 e. The Kier molecular flexibility index (Phi) is 15.3. The van der Waals surface area contributed by atoms with E-state index < -0.39 is 9.53 Å². The zero-order chi connectivity index (χ0) is 18.3. The molecule has 0 aromatic heterocycles. The second-order valence-electron chi connectivity index (χ2n) is 6.61. The van der Waals surface area contributed by atoms with E-state index in [9.17, 15) is 0 Å². The molecule has 1 fully saturated rings. The smallest absolute Gasteiger partial charge is 0.376 e. The zero-order valence-corrected chi connectivity index (χ0v) is 17.9. The summed E-state index contributed by atoms with van der Waals surface area (Å²) in [5.74, 6) is 0. The molecule has 1 aliphatic rings. The molecule has 3 N–H and O–H groups in total. The number of hydrogen-bond acceptors (Lipinski definition) is 5. The standard InChI is InChI=1S/C12H28O3Si.C6H14N2/c1-4-7-10-13-16(14-11-8-5-2)15-12-9-6-3;1-3-6(4-8-6)5(2)7/h16H,4-12H2,1-3H3;5,8H,3-4,7H2,1-2H3. The molecule has 5 nitrogen and oxygen atoms in total. The van der Waals surface area contributed by atoms with Crippen molar-refractivity contribution in [2.45, 2.75) is 91.1 Å². The molecule has 1 rings (SSSR count). The van der Waals surface area contributed by atoms with Crippen LogP contribution in [0.3, 0.4) is 0 Å². The van der Waals surface area contributed by atoms with Crippen LogP contribution in [0.25, 0.3) is 0 Å². The van der Waals surface area contributed by atoms with Gasteiger partial charge in [-0.15, -0.1) is 0 Å². The number of rotatable bonds is 14. The number of unbranched alkanes of at least 4 members (excludes halogenated alkanes) is 3. The van der Waals surface area contributed by atoms with Crippen LogP contribution in [0.2, 0.25) is 0 Å². The van der Waals surface area contributed by atoms with E-state index in [4.69, 9.17) is 19.0 Å². The van der Waals surface area contributed by atoms with Crippen molar-refractivity contribution in [3.8, 4) is 0 Å². The first kappa shape index (κ1) is 24.0. The van der Waals surface area contributed by atoms with Gasteiger partial charge in [-0.1, -0.05) is 47.0 Å². The molecule has 0 radical (unpaired) electrons. The Balaban J connectivity index is 0.000000546. The van der Waals surface area contributed by atoms with Crippen LogP contribution in [-0.4, -0.2) is 47.5 Å². The lowest BCUT2D eigenvalue weighted by Crippen LogP contribution is -2.36. The third-order valence-corrected chi connectivity index (χ3v) is 5.91. The Morgan fingerprint density at radius 1 is 0.917 bits per heavy atom. The van der Waals surface area contributed by atoms with Gasteiger partial charge < -0.3 is 24.3 Å². The largest absolute Gasteiger partial charge is 0.484 e. The second-order valence-corrected chi connectivity index (χ2v) is 8.19. The van der Waals surface area contributed by atoms with Crippen molar-refractivity contribution in [1.82, 2.24) is 5.32 Å². The highest BCUT2D eigenvalue weighted by molar-refractivity contribution is 6.36. The summed E-state index contributed by atoms with van der Waals surface area (Å²) in [6.45, 7) is 14.2. The van der Waals surface area contributed by atoms with Crippen LogP contribution in [0.15, 0.2) is 0 Å². The van der Waals surface area contributed by atoms with Crippen LogP contribution >= 0.6 is 0 Å². The van der Waals surface area contributed by atoms with Gasteiger partial charge in [0.25, 0.3) is 0 Å². The Labute approximate surface area is 152 Å². The Morgan fingerprint density at radius 2 is 1.29 bits per heavy atom. The molecule has 146 valence electrons. The first-order valence-electron chi connectivity index (χ1n) is 9.91. The van der Waals surface area contributed by atoms with Crippen molar-refractivity contribution in [2.75, 3.05) is 26.4 Å². The van der Waals surface area contributed by atoms with E-state index in [2.05, 4.69) is 39.9 Å². The summed E-state index contributed by atoms with van der Waals surface area (Å²) >= 11 is 0. The monoisotopic (exact) mass is 362 g/mol. The normalized spacial score (nSPS) is 20.6. The fraction of sp³-hybridized carbons (Fsp3) is 1.00. The summed E-state index contributed by atoms with van der Waals surface area (Å²) in [4.78, 5) is 0. The van der Waals surface area contributed by atoms with Gasteiger partial charge in [0.1, 0.15) is 0 Å². The van der Waals surface area contributed by atoms with Crippen LogP contribution < -0.4 is 11.1 Å². The van der Waals surface area contributed by atoms with Crippen molar-refractivity contribution < 1.29 is 13.3 Å². The Bertz CT molecular complexity index is 253. The summed E-state index contributed by atoms with van der Waals surface area (Å²) < 4.78 is 17.0. The molecule has 0 aromatic rings. The van der Waals surface area contributed by atoms with Gasteiger partial charge >= 0.3 is 9.53 Å². The zero-order valence-electron chi connectivity index (χ0n) is 16.7. The molecule has 24 heavy (non-hydrogen) atoms. The van der Waals surface area contributed by atoms with Gasteiger partial charge in [0.05, 0.1) is 0 Å². The Morgan fingerprint density at radius 3 is 1.46 bits per heavy atom. The van der Waals surface area contributed by atoms with Crippen LogP contribution in [0.1, 0.15) is 79.6 Å². The van der Waals surface area contributed by atoms with Crippen molar-refractivity contribution in [2.24, 2.45) is 5.73 Å². The molecule has 2 unspecified atom stereocenters. The maximum absolute atomic E-state index is 5.68. The van der Waals surface area contributed by atoms with E-state index in [1.54, 1.807) is 0 Å². The summed E-state index contributed by atoms with van der Waals surface area (Å²) in [6, 6.07) is 0.312. The van der Waals surface area contributed by atoms with Gasteiger partial charge in [0.15, 0.2) is 0 Å². The van der Waals surface area contributed by atoms with Crippen LogP contribution in [-0.2, 0) is 13.3 Å². The predicted molar refractivity (Wildman–Crippen MR) is 104 cm³/mol. The van der Waals surface area contributed by atoms with Gasteiger partial charge in [-0.2, -0.15) is 0 Å². The predicted octanol–water partition coefficient (Wildman–Crippen LogP) is 3.24. The number of nitrogens with one attached hydrogen (secondary N) is 1. The molecule has 0 spiro atoms. The SMILES string of the molecule is CCC1(C(C)N)CN1.CCCCO[SiH](OCCCC)OCCCC. The average Bonchev–Trinajstić information content (AvgIpc) is 3.37. The van der Waals surface area contributed by atoms with E-state index in [1.807, 2.05) is 0 Å². The summed E-state index contributed by atoms with van der Waals surface area (Å²) in [6.07, 6.45) is 7.92. The summed E-state index contributed by atoms with van der Waals surface area (Å²) in [7, 11) is -1.83. The molecule has 0 amide bonds. The highest BCUT2D eigenvalue weighted by Gasteiger charge is 2.43. The quantitative estimate of drug-likeness (QED) is 0.282. The fourth-order valence-corrected chi connectivity index (χ4v) is 3.49. The van der Waals surface area contributed by atoms with Gasteiger partial charge in [0.2, 0.25) is 0 Å². The average molecular weight is 363 g/mol. The number of nitrogens with two attached hydrogens (primary N) is 1. The maximum atomic E-state index is 5.68. The van der Waals surface area contributed by atoms with Gasteiger partial charge in [-0.3, -0.25) is 0 Å². The molecule has 1 saturated heterocycles. The number of hydrogen-bond donors (Lipinski definition) is 2. The minimum absolute atomic E-state index is 0.312. The minimum Gasteiger partial charge on any atom is -0.376 e. The van der Waals surface area contributed by atoms with Crippen molar-refractivity contribution >= 4 is 9.53 Å². The molecule has 6 heteroatoms. The molecule has 1 heterocycles. The summed E-state index contributed by atoms with van der Waals surface area (Å²) in [5.41, 5.74) is 6.00. The molecular weight excluding hydrogens is 320 g/mol. The van der Waals surface area contributed by atoms with Crippen molar-refractivity contribution in [3.63, 3.8) is 0 Å². The molecule has 0 bridgehead atoms. The topological polar surface area (TPSA) is 75.7 Å². The Hall–Kier alpha value is 0.0169. The van der Waals surface area contributed by atoms with Crippen LogP contribution in [0.5, 0.6) is 0 Å². The molecule has 0 aromatic carbocycles. The minimum atomic E-state index is -1.83. The molecule has 1 aliphatic heterocycles. The first-order valence-corrected chi connectivity index (χ1v) is 11.3. The fourth-order valence-electron chi connectivity index (χ4n) is 2.12. The van der Waals surface area contributed by atoms with E-state index in [0.717, 1.165) is 71.3 Å². The van der Waals surface area contributed by atoms with Gasteiger partial charge in [-0.25, -0.2) is 0 Å². The lowest BCUT2D eigenvalue weighted by atomic mass is 10.00. The lowest BCUT2D eigenvalue weighted by Gasteiger charge is -2.16. The lowest BCUT2D eigenvalue weighted by molar-refractivity contribution is 0.0899. The van der Waals surface area contributed by atoms with Crippen LogP contribution in [0, 0.1) is 0 Å². The molecular formula is C18H42N2O3Si.